The minimum atomic E-state index is -0.460. The molecule has 3 aromatic carbocycles. The molecule has 0 aliphatic heterocycles. The lowest BCUT2D eigenvalue weighted by Crippen LogP contribution is -2.43. The zero-order valence-corrected chi connectivity index (χ0v) is 22.8. The zero-order valence-electron chi connectivity index (χ0n) is 23.8. The molecular weight excluding hydrogens is 434 g/mol. The van der Waals surface area contributed by atoms with Gasteiger partial charge in [0.1, 0.15) is 7.05 Å². The maximum atomic E-state index is 9.27. The number of nitrogens with zero attached hydrogens (tertiary/aromatic N) is 1. The Morgan fingerprint density at radius 3 is 2.31 bits per heavy atom. The van der Waals surface area contributed by atoms with Crippen LogP contribution in [-0.2, 0) is 17.9 Å². The predicted octanol–water partition coefficient (Wildman–Crippen LogP) is 8.92. The fourth-order valence-corrected chi connectivity index (χ4v) is 6.79. The highest BCUT2D eigenvalue weighted by Gasteiger charge is 2.46. The van der Waals surface area contributed by atoms with Crippen LogP contribution >= 0.6 is 0 Å². The summed E-state index contributed by atoms with van der Waals surface area (Å²) >= 11 is 0. The highest BCUT2D eigenvalue weighted by atomic mass is 14.9. The molecule has 1 heterocycles. The molecule has 6 rings (SSSR count). The maximum absolute atomic E-state index is 9.27. The first-order valence-electron chi connectivity index (χ1n) is 14.2. The van der Waals surface area contributed by atoms with Crippen molar-refractivity contribution in [2.24, 2.45) is 7.05 Å². The second kappa shape index (κ2) is 8.30. The van der Waals surface area contributed by atoms with E-state index in [1.54, 1.807) is 0 Å². The molecule has 1 heteroatoms. The number of pyridine rings is 1. The first kappa shape index (κ1) is 22.3. The molecule has 0 amide bonds. The van der Waals surface area contributed by atoms with E-state index >= 15 is 0 Å². The molecular formula is C35H40N+. The van der Waals surface area contributed by atoms with Crippen molar-refractivity contribution < 1.29 is 5.94 Å². The molecule has 1 aromatic heterocycles. The van der Waals surface area contributed by atoms with Crippen LogP contribution in [-0.4, -0.2) is 0 Å². The average Bonchev–Trinajstić information content (AvgIpc) is 2.88. The molecule has 184 valence electrons. The average molecular weight is 476 g/mol. The van der Waals surface area contributed by atoms with Crippen molar-refractivity contribution in [2.45, 2.75) is 83.4 Å². The summed E-state index contributed by atoms with van der Waals surface area (Å²) in [6.45, 7) is 11.9. The number of aryl methyl sites for hydroxylation is 2. The molecule has 4 aromatic rings. The molecule has 0 atom stereocenters. The van der Waals surface area contributed by atoms with E-state index in [-0.39, 0.29) is 10.8 Å². The second-order valence-corrected chi connectivity index (χ2v) is 12.2. The standard InChI is InChI=1S/C35H40N/c1-23-20-31-29(22-28(23)32-21-26(18-19-36(32)6)24-12-8-7-9-13-24)33-27-15-11-10-14-25(27)16-17-30(33)34(2,3)35(31,4)5/h10-11,14-22,24H,7-9,12-13H2,1-6H3/q+1/i24D. The third-order valence-electron chi connectivity index (χ3n) is 9.76. The smallest absolute Gasteiger partial charge is 0.201 e. The fourth-order valence-electron chi connectivity index (χ4n) is 6.79. The number of rotatable bonds is 2. The van der Waals surface area contributed by atoms with Crippen LogP contribution in [0.3, 0.4) is 0 Å². The van der Waals surface area contributed by atoms with E-state index in [1.807, 2.05) is 0 Å². The predicted molar refractivity (Wildman–Crippen MR) is 153 cm³/mol. The highest BCUT2D eigenvalue weighted by Crippen LogP contribution is 2.56. The van der Waals surface area contributed by atoms with Crippen molar-refractivity contribution in [3.05, 3.63) is 89.1 Å². The quantitative estimate of drug-likeness (QED) is 0.255. The number of aromatic nitrogens is 1. The molecule has 1 saturated carbocycles. The Balaban J connectivity index is 1.63. The van der Waals surface area contributed by atoms with Crippen LogP contribution in [0.25, 0.3) is 33.2 Å². The van der Waals surface area contributed by atoms with Gasteiger partial charge >= 0.3 is 0 Å². The van der Waals surface area contributed by atoms with Gasteiger partial charge in [0, 0.05) is 19.1 Å². The first-order chi connectivity index (χ1) is 17.5. The van der Waals surface area contributed by atoms with E-state index in [0.717, 1.165) is 25.7 Å². The van der Waals surface area contributed by atoms with Crippen LogP contribution in [0, 0.1) is 6.92 Å². The van der Waals surface area contributed by atoms with E-state index < -0.39 is 5.89 Å². The van der Waals surface area contributed by atoms with E-state index in [4.69, 9.17) is 0 Å². The van der Waals surface area contributed by atoms with Gasteiger partial charge in [-0.15, -0.1) is 0 Å². The molecule has 0 radical (unpaired) electrons. The van der Waals surface area contributed by atoms with Crippen LogP contribution in [0.1, 0.15) is 89.3 Å². The molecule has 0 bridgehead atoms. The zero-order chi connectivity index (χ0) is 26.2. The molecule has 0 saturated heterocycles. The molecule has 1 nitrogen and oxygen atoms in total. The molecule has 0 unspecified atom stereocenters. The lowest BCUT2D eigenvalue weighted by Gasteiger charge is -2.49. The summed E-state index contributed by atoms with van der Waals surface area (Å²) in [6, 6.07) is 22.9. The lowest BCUT2D eigenvalue weighted by molar-refractivity contribution is -0.660. The van der Waals surface area contributed by atoms with Crippen LogP contribution in [0.5, 0.6) is 0 Å². The number of fused-ring (bicyclic) bond motifs is 5. The number of benzene rings is 3. The minimum absolute atomic E-state index is 0.00349. The maximum Gasteiger partial charge on any atom is 0.212 e. The largest absolute Gasteiger partial charge is 0.212 e. The van der Waals surface area contributed by atoms with Gasteiger partial charge in [0.15, 0.2) is 6.20 Å². The summed E-state index contributed by atoms with van der Waals surface area (Å²) in [5.41, 5.74) is 10.6. The van der Waals surface area contributed by atoms with Gasteiger partial charge in [-0.3, -0.25) is 0 Å². The van der Waals surface area contributed by atoms with Gasteiger partial charge in [-0.1, -0.05) is 89.4 Å². The minimum Gasteiger partial charge on any atom is -0.201 e. The topological polar surface area (TPSA) is 3.88 Å². The highest BCUT2D eigenvalue weighted by molar-refractivity contribution is 6.01. The molecule has 0 N–H and O–H groups in total. The summed E-state index contributed by atoms with van der Waals surface area (Å²) in [5.74, 6) is -0.460. The van der Waals surface area contributed by atoms with Crippen molar-refractivity contribution in [3.8, 4) is 22.4 Å². The Bertz CT molecular complexity index is 1530. The molecule has 2 aliphatic carbocycles. The van der Waals surface area contributed by atoms with Gasteiger partial charge in [0.2, 0.25) is 5.69 Å². The fraction of sp³-hybridized carbons (Fsp3) is 0.400. The summed E-state index contributed by atoms with van der Waals surface area (Å²) in [5, 5.41) is 2.64. The van der Waals surface area contributed by atoms with Gasteiger partial charge in [0.05, 0.1) is 0 Å². The second-order valence-electron chi connectivity index (χ2n) is 12.2. The van der Waals surface area contributed by atoms with E-state index in [1.165, 1.54) is 61.8 Å². The van der Waals surface area contributed by atoms with Gasteiger partial charge in [-0.05, 0) is 86.7 Å². The van der Waals surface area contributed by atoms with Gasteiger partial charge in [0.25, 0.3) is 0 Å². The van der Waals surface area contributed by atoms with Gasteiger partial charge < -0.3 is 0 Å². The summed E-state index contributed by atoms with van der Waals surface area (Å²) in [7, 11) is 2.14. The van der Waals surface area contributed by atoms with Crippen LogP contribution in [0.2, 0.25) is 0 Å². The van der Waals surface area contributed by atoms with Crippen molar-refractivity contribution in [1.29, 1.82) is 0 Å². The summed E-state index contributed by atoms with van der Waals surface area (Å²) < 4.78 is 11.5. The molecule has 1 fully saturated rings. The number of hydrogen-bond acceptors (Lipinski definition) is 0. The molecule has 2 aliphatic rings. The monoisotopic (exact) mass is 475 g/mol. The molecule has 0 spiro atoms. The van der Waals surface area contributed by atoms with Crippen LogP contribution in [0.15, 0.2) is 66.9 Å². The van der Waals surface area contributed by atoms with E-state index in [9.17, 15) is 1.37 Å². The van der Waals surface area contributed by atoms with E-state index in [0.29, 0.717) is 0 Å². The lowest BCUT2D eigenvalue weighted by atomic mass is 9.54. The van der Waals surface area contributed by atoms with Crippen LogP contribution in [0.4, 0.5) is 0 Å². The first-order valence-corrected chi connectivity index (χ1v) is 13.7. The SMILES string of the molecule is [2H]C1(c2cc[n+](C)c(-c3cc4c(cc3C)C(C)(C)C(C)(C)c3ccc5ccccc5c3-4)c2)CCCCC1. The van der Waals surface area contributed by atoms with Gasteiger partial charge in [-0.2, -0.15) is 0 Å². The Morgan fingerprint density at radius 2 is 1.53 bits per heavy atom. The van der Waals surface area contributed by atoms with E-state index in [2.05, 4.69) is 113 Å². The Morgan fingerprint density at radius 1 is 0.806 bits per heavy atom. The summed E-state index contributed by atoms with van der Waals surface area (Å²) in [4.78, 5) is 0. The Hall–Kier alpha value is -2.93. The van der Waals surface area contributed by atoms with Crippen LogP contribution < -0.4 is 4.57 Å². The Labute approximate surface area is 218 Å². The van der Waals surface area contributed by atoms with Crippen molar-refractivity contribution in [1.82, 2.24) is 0 Å². The Kier molecular flexibility index (Phi) is 5.14. The molecule has 36 heavy (non-hydrogen) atoms. The summed E-state index contributed by atoms with van der Waals surface area (Å²) in [6.07, 6.45) is 7.68. The normalized spacial score (nSPS) is 19.9. The number of hydrogen-bond donors (Lipinski definition) is 0. The van der Waals surface area contributed by atoms with Crippen molar-refractivity contribution in [2.75, 3.05) is 0 Å². The third-order valence-corrected chi connectivity index (χ3v) is 9.76. The van der Waals surface area contributed by atoms with Crippen molar-refractivity contribution in [3.63, 3.8) is 0 Å². The van der Waals surface area contributed by atoms with Gasteiger partial charge in [-0.25, -0.2) is 4.57 Å². The van der Waals surface area contributed by atoms with Crippen molar-refractivity contribution >= 4 is 10.8 Å². The third kappa shape index (κ3) is 3.39.